The predicted octanol–water partition coefficient (Wildman–Crippen LogP) is 3.87. The van der Waals surface area contributed by atoms with Crippen molar-refractivity contribution >= 4 is 0 Å². The first kappa shape index (κ1) is 13.2. The number of fused-ring (bicyclic) bond motifs is 1. The zero-order chi connectivity index (χ0) is 14.3. The highest BCUT2D eigenvalue weighted by molar-refractivity contribution is 5.38. The van der Waals surface area contributed by atoms with Crippen LogP contribution in [0, 0.1) is 17.5 Å². The first-order valence-electron chi connectivity index (χ1n) is 6.49. The van der Waals surface area contributed by atoms with Gasteiger partial charge < -0.3 is 5.11 Å². The van der Waals surface area contributed by atoms with Crippen LogP contribution in [0.2, 0.25) is 0 Å². The van der Waals surface area contributed by atoms with Crippen molar-refractivity contribution in [3.63, 3.8) is 0 Å². The van der Waals surface area contributed by atoms with Crippen molar-refractivity contribution in [2.45, 2.75) is 24.9 Å². The maximum Gasteiger partial charge on any atom is 0.194 e. The number of benzene rings is 2. The Labute approximate surface area is 114 Å². The monoisotopic (exact) mass is 278 g/mol. The average Bonchev–Trinajstić information content (AvgIpc) is 2.88. The van der Waals surface area contributed by atoms with E-state index >= 15 is 0 Å². The van der Waals surface area contributed by atoms with Gasteiger partial charge in [0, 0.05) is 11.5 Å². The van der Waals surface area contributed by atoms with Crippen LogP contribution in [0.5, 0.6) is 0 Å². The summed E-state index contributed by atoms with van der Waals surface area (Å²) in [6.07, 6.45) is 0.288. The molecule has 1 aliphatic rings. The highest BCUT2D eigenvalue weighted by Crippen LogP contribution is 2.42. The Balaban J connectivity index is 1.99. The van der Waals surface area contributed by atoms with Crippen LogP contribution >= 0.6 is 0 Å². The molecule has 1 nitrogen and oxygen atoms in total. The molecule has 104 valence electrons. The van der Waals surface area contributed by atoms with Crippen LogP contribution in [0.3, 0.4) is 0 Å². The standard InChI is InChI=1S/C16H13F3O/c17-13-8-7-12(14(18)15(13)19)16(20)11-6-5-9-3-1-2-4-10(9)11/h1-4,7-8,11,16,20H,5-6H2. The molecule has 0 saturated carbocycles. The van der Waals surface area contributed by atoms with Crippen molar-refractivity contribution in [1.29, 1.82) is 0 Å². The molecule has 2 atom stereocenters. The minimum absolute atomic E-state index is 0.189. The van der Waals surface area contributed by atoms with E-state index in [1.165, 1.54) is 0 Å². The third kappa shape index (κ3) is 2.00. The molecule has 4 heteroatoms. The summed E-state index contributed by atoms with van der Waals surface area (Å²) in [6, 6.07) is 9.56. The highest BCUT2D eigenvalue weighted by Gasteiger charge is 2.31. The molecule has 1 N–H and O–H groups in total. The Bertz CT molecular complexity index is 654. The van der Waals surface area contributed by atoms with E-state index in [2.05, 4.69) is 0 Å². The molecule has 1 aliphatic carbocycles. The summed E-state index contributed by atoms with van der Waals surface area (Å²) < 4.78 is 40.0. The molecule has 2 aromatic carbocycles. The predicted molar refractivity (Wildman–Crippen MR) is 68.8 cm³/mol. The Morgan fingerprint density at radius 2 is 1.75 bits per heavy atom. The topological polar surface area (TPSA) is 20.2 Å². The van der Waals surface area contributed by atoms with Crippen molar-refractivity contribution in [3.8, 4) is 0 Å². The van der Waals surface area contributed by atoms with Gasteiger partial charge in [0.25, 0.3) is 0 Å². The lowest BCUT2D eigenvalue weighted by Crippen LogP contribution is -2.11. The second-order valence-corrected chi connectivity index (χ2v) is 5.05. The number of aryl methyl sites for hydroxylation is 1. The maximum atomic E-state index is 13.8. The third-order valence-corrected chi connectivity index (χ3v) is 3.94. The highest BCUT2D eigenvalue weighted by atomic mass is 19.2. The minimum Gasteiger partial charge on any atom is -0.388 e. The molecule has 0 fully saturated rings. The van der Waals surface area contributed by atoms with E-state index in [4.69, 9.17) is 0 Å². The molecular formula is C16H13F3O. The number of rotatable bonds is 2. The van der Waals surface area contributed by atoms with E-state index in [-0.39, 0.29) is 11.5 Å². The van der Waals surface area contributed by atoms with Crippen LogP contribution < -0.4 is 0 Å². The summed E-state index contributed by atoms with van der Waals surface area (Å²) in [6.45, 7) is 0. The first-order chi connectivity index (χ1) is 9.59. The molecule has 0 aromatic heterocycles. The number of aliphatic hydroxyl groups is 1. The van der Waals surface area contributed by atoms with Gasteiger partial charge in [0.2, 0.25) is 0 Å². The summed E-state index contributed by atoms with van der Waals surface area (Å²) >= 11 is 0. The van der Waals surface area contributed by atoms with Gasteiger partial charge >= 0.3 is 0 Å². The molecule has 0 aliphatic heterocycles. The van der Waals surface area contributed by atoms with Crippen LogP contribution in [-0.4, -0.2) is 5.11 Å². The van der Waals surface area contributed by atoms with Crippen LogP contribution in [0.1, 0.15) is 35.1 Å². The fraction of sp³-hybridized carbons (Fsp3) is 0.250. The van der Waals surface area contributed by atoms with Crippen LogP contribution in [0.25, 0.3) is 0 Å². The van der Waals surface area contributed by atoms with E-state index in [0.29, 0.717) is 6.42 Å². The summed E-state index contributed by atoms with van der Waals surface area (Å²) in [5.74, 6) is -4.37. The van der Waals surface area contributed by atoms with Crippen LogP contribution in [0.4, 0.5) is 13.2 Å². The molecule has 2 aromatic rings. The molecule has 0 amide bonds. The lowest BCUT2D eigenvalue weighted by molar-refractivity contribution is 0.139. The number of aliphatic hydroxyl groups excluding tert-OH is 1. The average molecular weight is 278 g/mol. The zero-order valence-corrected chi connectivity index (χ0v) is 10.6. The van der Waals surface area contributed by atoms with E-state index < -0.39 is 23.6 Å². The molecule has 0 bridgehead atoms. The van der Waals surface area contributed by atoms with E-state index in [9.17, 15) is 18.3 Å². The summed E-state index contributed by atoms with van der Waals surface area (Å²) in [5.41, 5.74) is 1.87. The number of hydrogen-bond acceptors (Lipinski definition) is 1. The lowest BCUT2D eigenvalue weighted by atomic mass is 9.90. The lowest BCUT2D eigenvalue weighted by Gasteiger charge is -2.20. The molecule has 0 radical (unpaired) electrons. The number of halogens is 3. The minimum atomic E-state index is -1.53. The quantitative estimate of drug-likeness (QED) is 0.827. The van der Waals surface area contributed by atoms with Gasteiger partial charge in [0.05, 0.1) is 6.10 Å². The van der Waals surface area contributed by atoms with Gasteiger partial charge in [-0.1, -0.05) is 30.3 Å². The van der Waals surface area contributed by atoms with Gasteiger partial charge in [-0.3, -0.25) is 0 Å². The van der Waals surface area contributed by atoms with Gasteiger partial charge in [-0.2, -0.15) is 0 Å². The van der Waals surface area contributed by atoms with E-state index in [0.717, 1.165) is 29.7 Å². The Hall–Kier alpha value is -1.81. The van der Waals surface area contributed by atoms with Gasteiger partial charge in [-0.25, -0.2) is 13.2 Å². The SMILES string of the molecule is OC(c1ccc(F)c(F)c1F)C1CCc2ccccc21. The van der Waals surface area contributed by atoms with E-state index in [1.807, 2.05) is 24.3 Å². The molecule has 2 unspecified atom stereocenters. The number of hydrogen-bond donors (Lipinski definition) is 1. The molecule has 0 saturated heterocycles. The summed E-state index contributed by atoms with van der Waals surface area (Å²) in [5, 5.41) is 10.3. The first-order valence-corrected chi connectivity index (χ1v) is 6.49. The molecule has 0 spiro atoms. The van der Waals surface area contributed by atoms with Crippen molar-refractivity contribution in [2.24, 2.45) is 0 Å². The van der Waals surface area contributed by atoms with Crippen molar-refractivity contribution in [3.05, 3.63) is 70.5 Å². The van der Waals surface area contributed by atoms with Gasteiger partial charge in [-0.15, -0.1) is 0 Å². The van der Waals surface area contributed by atoms with Crippen LogP contribution in [-0.2, 0) is 6.42 Å². The zero-order valence-electron chi connectivity index (χ0n) is 10.6. The second-order valence-electron chi connectivity index (χ2n) is 5.05. The fourth-order valence-corrected chi connectivity index (χ4v) is 2.90. The maximum absolute atomic E-state index is 13.8. The summed E-state index contributed by atoms with van der Waals surface area (Å²) in [7, 11) is 0. The van der Waals surface area contributed by atoms with Crippen molar-refractivity contribution in [1.82, 2.24) is 0 Å². The van der Waals surface area contributed by atoms with Crippen LogP contribution in [0.15, 0.2) is 36.4 Å². The van der Waals surface area contributed by atoms with Gasteiger partial charge in [0.15, 0.2) is 17.5 Å². The Kier molecular flexibility index (Phi) is 3.26. The molecular weight excluding hydrogens is 265 g/mol. The normalized spacial score (nSPS) is 18.9. The van der Waals surface area contributed by atoms with Gasteiger partial charge in [-0.05, 0) is 30.0 Å². The fourth-order valence-electron chi connectivity index (χ4n) is 2.90. The molecule has 20 heavy (non-hydrogen) atoms. The molecule has 3 rings (SSSR count). The van der Waals surface area contributed by atoms with Crippen molar-refractivity contribution < 1.29 is 18.3 Å². The Morgan fingerprint density at radius 3 is 2.55 bits per heavy atom. The third-order valence-electron chi connectivity index (χ3n) is 3.94. The second kappa shape index (κ2) is 4.94. The Morgan fingerprint density at radius 1 is 1.00 bits per heavy atom. The van der Waals surface area contributed by atoms with Crippen molar-refractivity contribution in [2.75, 3.05) is 0 Å². The summed E-state index contributed by atoms with van der Waals surface area (Å²) in [4.78, 5) is 0. The van der Waals surface area contributed by atoms with Gasteiger partial charge in [0.1, 0.15) is 0 Å². The van der Waals surface area contributed by atoms with E-state index in [1.54, 1.807) is 0 Å². The molecule has 0 heterocycles. The largest absolute Gasteiger partial charge is 0.388 e. The smallest absolute Gasteiger partial charge is 0.194 e.